The molecular formula is C40H42Cl3N5O6S. The van der Waals surface area contributed by atoms with Gasteiger partial charge in [0.2, 0.25) is 10.0 Å². The van der Waals surface area contributed by atoms with Gasteiger partial charge in [-0.1, -0.05) is 113 Å². The molecule has 3 amide bonds. The number of hydrogen-bond acceptors (Lipinski definition) is 7. The molecule has 15 heteroatoms. The highest BCUT2D eigenvalue weighted by Crippen LogP contribution is 2.40. The third-order valence-corrected chi connectivity index (χ3v) is 12.0. The molecule has 1 heterocycles. The SMILES string of the molecule is CCC(C)(C)c1ccc(OCC(=O)Nc2cccc(C(=O)NC3=NN(c4c(Cl)cc(Cl)cc4Cl)C(=O)C3NS(=O)(=O)c3ccccc3)c2)c(C(C)(C)CC)c1. The molecule has 0 aliphatic carbocycles. The van der Waals surface area contributed by atoms with Crippen molar-refractivity contribution < 1.29 is 27.5 Å². The predicted octanol–water partition coefficient (Wildman–Crippen LogP) is 8.48. The van der Waals surface area contributed by atoms with Crippen molar-refractivity contribution in [1.29, 1.82) is 0 Å². The van der Waals surface area contributed by atoms with Gasteiger partial charge in [0.15, 0.2) is 18.5 Å². The van der Waals surface area contributed by atoms with Crippen LogP contribution in [-0.4, -0.2) is 44.6 Å². The number of nitrogens with zero attached hydrogens (tertiary/aromatic N) is 2. The van der Waals surface area contributed by atoms with E-state index >= 15 is 0 Å². The molecule has 0 aromatic heterocycles. The van der Waals surface area contributed by atoms with Crippen molar-refractivity contribution in [2.24, 2.45) is 5.10 Å². The summed E-state index contributed by atoms with van der Waals surface area (Å²) in [5.41, 5.74) is 2.27. The average Bonchev–Trinajstić information content (AvgIpc) is 3.43. The third kappa shape index (κ3) is 9.50. The van der Waals surface area contributed by atoms with Crippen LogP contribution in [0.1, 0.15) is 75.9 Å². The van der Waals surface area contributed by atoms with Gasteiger partial charge < -0.3 is 15.4 Å². The summed E-state index contributed by atoms with van der Waals surface area (Å²) in [5.74, 6) is -1.83. The van der Waals surface area contributed by atoms with Crippen LogP contribution in [0.25, 0.3) is 0 Å². The maximum Gasteiger partial charge on any atom is 0.273 e. The van der Waals surface area contributed by atoms with Crippen LogP contribution in [0.2, 0.25) is 15.1 Å². The Morgan fingerprint density at radius 3 is 2.13 bits per heavy atom. The number of amidine groups is 1. The lowest BCUT2D eigenvalue weighted by molar-refractivity contribution is -0.118. The molecule has 0 saturated carbocycles. The van der Waals surface area contributed by atoms with E-state index in [4.69, 9.17) is 39.5 Å². The number of hydrazone groups is 1. The number of amides is 3. The van der Waals surface area contributed by atoms with Crippen LogP contribution >= 0.6 is 34.8 Å². The van der Waals surface area contributed by atoms with Gasteiger partial charge in [0.05, 0.1) is 14.9 Å². The molecule has 1 atom stereocenters. The highest BCUT2D eigenvalue weighted by atomic mass is 35.5. The summed E-state index contributed by atoms with van der Waals surface area (Å²) in [6, 6.07) is 20.5. The fraction of sp³-hybridized carbons (Fsp3) is 0.300. The number of anilines is 2. The average molecular weight is 827 g/mol. The molecule has 55 heavy (non-hydrogen) atoms. The lowest BCUT2D eigenvalue weighted by Crippen LogP contribution is -2.51. The number of carbonyl (C=O) groups is 3. The number of carbonyl (C=O) groups excluding carboxylic acids is 3. The normalized spacial score (nSPS) is 14.8. The first-order valence-electron chi connectivity index (χ1n) is 17.5. The van der Waals surface area contributed by atoms with E-state index in [0.29, 0.717) is 11.4 Å². The Labute approximate surface area is 336 Å². The number of nitrogens with one attached hydrogen (secondary N) is 3. The lowest BCUT2D eigenvalue weighted by atomic mass is 9.76. The molecule has 3 N–H and O–H groups in total. The molecule has 0 radical (unpaired) electrons. The van der Waals surface area contributed by atoms with E-state index < -0.39 is 33.8 Å². The molecule has 0 spiro atoms. The number of hydrogen-bond donors (Lipinski definition) is 3. The van der Waals surface area contributed by atoms with Crippen molar-refractivity contribution in [1.82, 2.24) is 10.0 Å². The molecule has 0 bridgehead atoms. The topological polar surface area (TPSA) is 146 Å². The summed E-state index contributed by atoms with van der Waals surface area (Å²) < 4.78 is 35.0. The number of ether oxygens (including phenoxy) is 1. The summed E-state index contributed by atoms with van der Waals surface area (Å²) in [6.07, 6.45) is 1.82. The van der Waals surface area contributed by atoms with Gasteiger partial charge in [-0.15, -0.1) is 5.10 Å². The zero-order valence-corrected chi connectivity index (χ0v) is 34.3. The maximum absolute atomic E-state index is 13.8. The summed E-state index contributed by atoms with van der Waals surface area (Å²) in [4.78, 5) is 40.4. The first-order valence-corrected chi connectivity index (χ1v) is 20.1. The molecule has 1 aliphatic heterocycles. The summed E-state index contributed by atoms with van der Waals surface area (Å²) in [5, 5.41) is 10.5. The minimum absolute atomic E-state index is 0.0273. The van der Waals surface area contributed by atoms with Gasteiger partial charge in [-0.3, -0.25) is 14.4 Å². The van der Waals surface area contributed by atoms with Crippen LogP contribution in [0, 0.1) is 0 Å². The van der Waals surface area contributed by atoms with E-state index in [1.165, 1.54) is 54.1 Å². The Morgan fingerprint density at radius 1 is 0.836 bits per heavy atom. The van der Waals surface area contributed by atoms with Gasteiger partial charge in [-0.05, 0) is 77.8 Å². The summed E-state index contributed by atoms with van der Waals surface area (Å²) in [7, 11) is -4.29. The van der Waals surface area contributed by atoms with Gasteiger partial charge >= 0.3 is 0 Å². The van der Waals surface area contributed by atoms with Crippen molar-refractivity contribution >= 4 is 79.8 Å². The second-order valence-electron chi connectivity index (χ2n) is 14.3. The molecule has 0 fully saturated rings. The molecule has 5 rings (SSSR count). The minimum Gasteiger partial charge on any atom is -0.483 e. The molecule has 0 saturated heterocycles. The number of halogens is 3. The zero-order valence-electron chi connectivity index (χ0n) is 31.2. The van der Waals surface area contributed by atoms with Crippen LogP contribution < -0.4 is 25.1 Å². The monoisotopic (exact) mass is 825 g/mol. The Kier molecular flexibility index (Phi) is 12.7. The first kappa shape index (κ1) is 41.7. The van der Waals surface area contributed by atoms with E-state index in [9.17, 15) is 22.8 Å². The van der Waals surface area contributed by atoms with E-state index in [1.807, 2.05) is 12.1 Å². The minimum atomic E-state index is -4.29. The predicted molar refractivity (Wildman–Crippen MR) is 218 cm³/mol. The standard InChI is InChI=1S/C40H42Cl3N5O6S/c1-7-39(3,4)25-17-18-32(29(20-25)40(5,6)8-2)54-23-33(49)44-27-14-12-13-24(19-27)37(50)45-36-34(47-55(52,53)28-15-10-9-11-16-28)38(51)48(46-36)35-30(42)21-26(41)22-31(35)43/h9-22,34,47H,7-8,23H2,1-6H3,(H,44,49)(H,45,46,50). The zero-order chi connectivity index (χ0) is 40.3. The van der Waals surface area contributed by atoms with E-state index in [0.717, 1.165) is 23.4 Å². The van der Waals surface area contributed by atoms with Gasteiger partial charge in [-0.25, -0.2) is 8.42 Å². The molecule has 1 unspecified atom stereocenters. The molecule has 4 aromatic rings. The first-order chi connectivity index (χ1) is 25.9. The fourth-order valence-electron chi connectivity index (χ4n) is 5.64. The number of benzene rings is 4. The van der Waals surface area contributed by atoms with Crippen LogP contribution in [0.15, 0.2) is 94.9 Å². The largest absolute Gasteiger partial charge is 0.483 e. The molecule has 290 valence electrons. The quantitative estimate of drug-likeness (QED) is 0.123. The van der Waals surface area contributed by atoms with Crippen LogP contribution in [0.5, 0.6) is 5.75 Å². The van der Waals surface area contributed by atoms with Gasteiger partial charge in [0.1, 0.15) is 11.4 Å². The Hall–Kier alpha value is -4.46. The Bertz CT molecular complexity index is 2240. The van der Waals surface area contributed by atoms with E-state index in [2.05, 4.69) is 68.1 Å². The number of sulfonamides is 1. The Morgan fingerprint density at radius 2 is 1.49 bits per heavy atom. The maximum atomic E-state index is 13.8. The molecule has 11 nitrogen and oxygen atoms in total. The van der Waals surface area contributed by atoms with Crippen molar-refractivity contribution in [2.45, 2.75) is 76.2 Å². The second kappa shape index (κ2) is 16.7. The van der Waals surface area contributed by atoms with E-state index in [-0.39, 0.29) is 54.5 Å². The highest BCUT2D eigenvalue weighted by molar-refractivity contribution is 7.89. The summed E-state index contributed by atoms with van der Waals surface area (Å²) >= 11 is 18.8. The second-order valence-corrected chi connectivity index (χ2v) is 17.2. The van der Waals surface area contributed by atoms with Gasteiger partial charge in [-0.2, -0.15) is 9.73 Å². The van der Waals surface area contributed by atoms with Crippen LogP contribution in [0.4, 0.5) is 11.4 Å². The van der Waals surface area contributed by atoms with Crippen LogP contribution in [0.3, 0.4) is 0 Å². The van der Waals surface area contributed by atoms with E-state index in [1.54, 1.807) is 18.2 Å². The highest BCUT2D eigenvalue weighted by Gasteiger charge is 2.42. The summed E-state index contributed by atoms with van der Waals surface area (Å²) in [6.45, 7) is 12.7. The van der Waals surface area contributed by atoms with Gasteiger partial charge in [0.25, 0.3) is 17.7 Å². The third-order valence-electron chi connectivity index (χ3n) is 9.72. The smallest absolute Gasteiger partial charge is 0.273 e. The van der Waals surface area contributed by atoms with Crippen molar-refractivity contribution in [3.63, 3.8) is 0 Å². The molecular weight excluding hydrogens is 785 g/mol. The number of rotatable bonds is 13. The van der Waals surface area contributed by atoms with Crippen molar-refractivity contribution in [3.05, 3.63) is 117 Å². The van der Waals surface area contributed by atoms with Crippen molar-refractivity contribution in [2.75, 3.05) is 16.9 Å². The fourth-order valence-corrected chi connectivity index (χ4v) is 7.80. The lowest BCUT2D eigenvalue weighted by Gasteiger charge is -2.30. The van der Waals surface area contributed by atoms with Gasteiger partial charge in [0, 0.05) is 21.8 Å². The Balaban J connectivity index is 1.35. The molecule has 4 aromatic carbocycles. The van der Waals surface area contributed by atoms with Crippen LogP contribution in [-0.2, 0) is 30.4 Å². The molecule has 1 aliphatic rings. The van der Waals surface area contributed by atoms with Crippen molar-refractivity contribution in [3.8, 4) is 5.75 Å².